The quantitative estimate of drug-likeness (QED) is 0.422. The number of hydrogen-bond acceptors (Lipinski definition) is 6. The van der Waals surface area contributed by atoms with Crippen LogP contribution in [0.5, 0.6) is 0 Å². The van der Waals surface area contributed by atoms with E-state index < -0.39 is 20.8 Å². The van der Waals surface area contributed by atoms with Gasteiger partial charge in [0.25, 0.3) is 0 Å². The van der Waals surface area contributed by atoms with Gasteiger partial charge in [0, 0.05) is 36.6 Å². The van der Waals surface area contributed by atoms with Gasteiger partial charge in [-0.2, -0.15) is 0 Å². The number of allylic oxidation sites excluding steroid dienone is 8. The number of carbonyl (C=O) groups is 2. The van der Waals surface area contributed by atoms with Gasteiger partial charge in [-0.05, 0) is 36.5 Å². The van der Waals surface area contributed by atoms with Gasteiger partial charge in [0.15, 0.2) is 11.6 Å². The van der Waals surface area contributed by atoms with E-state index in [2.05, 4.69) is 10.6 Å². The van der Waals surface area contributed by atoms with Crippen molar-refractivity contribution in [3.8, 4) is 0 Å². The Morgan fingerprint density at radius 2 is 1.22 bits per heavy atom. The molecular weight excluding hydrogens is 470 g/mol. The Balaban J connectivity index is 0.00000114. The molecule has 0 aromatic heterocycles. The van der Waals surface area contributed by atoms with Gasteiger partial charge in [-0.25, -0.2) is 0 Å². The summed E-state index contributed by atoms with van der Waals surface area (Å²) < 4.78 is 10.2. The Morgan fingerprint density at radius 1 is 0.852 bits per heavy atom. The van der Waals surface area contributed by atoms with Crippen molar-refractivity contribution >= 4 is 28.6 Å². The topological polar surface area (TPSA) is 76.7 Å². The number of ether oxygens (including phenoxy) is 2. The molecule has 0 aromatic carbocycles. The molecule has 144 valence electrons. The molecular formula is C18H20Cl2N2O4Zr. The first-order chi connectivity index (χ1) is 13.0. The number of rotatable bonds is 7. The van der Waals surface area contributed by atoms with Crippen molar-refractivity contribution in [3.05, 3.63) is 71.5 Å². The van der Waals surface area contributed by atoms with E-state index >= 15 is 0 Å². The van der Waals surface area contributed by atoms with Crippen LogP contribution >= 0.6 is 17.0 Å². The van der Waals surface area contributed by atoms with E-state index in [-0.39, 0.29) is 11.6 Å². The zero-order valence-electron chi connectivity index (χ0n) is 14.9. The van der Waals surface area contributed by atoms with Crippen LogP contribution in [0.1, 0.15) is 0 Å². The summed E-state index contributed by atoms with van der Waals surface area (Å²) in [6.07, 6.45) is 12.8. The Bertz CT molecular complexity index is 665. The zero-order valence-corrected chi connectivity index (χ0v) is 18.9. The first-order valence-electron chi connectivity index (χ1n) is 7.85. The van der Waals surface area contributed by atoms with Gasteiger partial charge in [0.05, 0.1) is 14.2 Å². The molecule has 0 radical (unpaired) electrons. The predicted molar refractivity (Wildman–Crippen MR) is 102 cm³/mol. The maximum absolute atomic E-state index is 11.7. The molecule has 0 saturated carbocycles. The minimum atomic E-state index is -0.826. The molecule has 0 heterocycles. The van der Waals surface area contributed by atoms with Crippen LogP contribution in [0.3, 0.4) is 0 Å². The summed E-state index contributed by atoms with van der Waals surface area (Å²) in [6, 6.07) is 0. The van der Waals surface area contributed by atoms with Crippen molar-refractivity contribution in [1.82, 2.24) is 10.6 Å². The molecule has 9 heteroatoms. The number of hydrogen-bond donors (Lipinski definition) is 2. The first-order valence-corrected chi connectivity index (χ1v) is 14.2. The summed E-state index contributed by atoms with van der Waals surface area (Å²) in [5, 5.41) is 6.10. The van der Waals surface area contributed by atoms with E-state index in [1.807, 2.05) is 0 Å². The summed E-state index contributed by atoms with van der Waals surface area (Å²) in [7, 11) is 13.0. The van der Waals surface area contributed by atoms with E-state index in [0.717, 1.165) is 0 Å². The van der Waals surface area contributed by atoms with Crippen LogP contribution in [0.15, 0.2) is 71.5 Å². The molecule has 6 nitrogen and oxygen atoms in total. The molecule has 0 aromatic rings. The van der Waals surface area contributed by atoms with Crippen molar-refractivity contribution in [1.29, 1.82) is 0 Å². The van der Waals surface area contributed by atoms with Gasteiger partial charge in [-0.3, -0.25) is 9.59 Å². The third-order valence-electron chi connectivity index (χ3n) is 3.36. The van der Waals surface area contributed by atoms with Crippen LogP contribution in [0.2, 0.25) is 0 Å². The summed E-state index contributed by atoms with van der Waals surface area (Å²) in [5.74, 6) is 1.12. The Labute approximate surface area is 177 Å². The maximum atomic E-state index is 11.7. The van der Waals surface area contributed by atoms with Crippen molar-refractivity contribution in [3.63, 3.8) is 0 Å². The summed E-state index contributed by atoms with van der Waals surface area (Å²) in [6.45, 7) is 1.18. The molecule has 27 heavy (non-hydrogen) atoms. The van der Waals surface area contributed by atoms with Gasteiger partial charge in [-0.15, -0.1) is 0 Å². The number of carbonyl (C=O) groups excluding carboxylic acids is 2. The van der Waals surface area contributed by atoms with Crippen LogP contribution in [-0.2, 0) is 39.9 Å². The zero-order chi connectivity index (χ0) is 20.1. The molecule has 0 bridgehead atoms. The van der Waals surface area contributed by atoms with Crippen molar-refractivity contribution in [2.45, 2.75) is 0 Å². The standard InChI is InChI=1S/C18H20N2O4.2ClH.Zr/c1-23-15-3-5-17(21)13(9-15)11-19-7-8-20-12-14-10-16(24-2)4-6-18(14)22;;;/h3-6,9-12,19-20H,7-8H2,1-2H3;2*1H;/q;;;+2/p-2/b13-11-,14-12-;;;. The van der Waals surface area contributed by atoms with Crippen molar-refractivity contribution < 1.29 is 39.9 Å². The van der Waals surface area contributed by atoms with Gasteiger partial charge in [0.1, 0.15) is 11.5 Å². The van der Waals surface area contributed by atoms with E-state index in [1.165, 1.54) is 12.2 Å². The second-order valence-electron chi connectivity index (χ2n) is 5.08. The molecule has 0 spiro atoms. The monoisotopic (exact) mass is 488 g/mol. The SMILES string of the molecule is COC1=C/C(=C/NCCN/C=C2/C=C(OC)C=CC2=O)C(=O)C=C1.[Cl][Zr][Cl]. The van der Waals surface area contributed by atoms with Crippen LogP contribution in [-0.4, -0.2) is 38.9 Å². The second kappa shape index (κ2) is 13.6. The molecule has 2 aliphatic rings. The predicted octanol–water partition coefficient (Wildman–Crippen LogP) is 2.65. The van der Waals surface area contributed by atoms with Crippen molar-refractivity contribution in [2.24, 2.45) is 0 Å². The van der Waals surface area contributed by atoms with E-state index in [1.54, 1.807) is 50.9 Å². The average molecular weight is 490 g/mol. The molecule has 0 aliphatic heterocycles. The summed E-state index contributed by atoms with van der Waals surface area (Å²) >= 11 is -0.826. The van der Waals surface area contributed by atoms with Crippen LogP contribution in [0.4, 0.5) is 0 Å². The number of halogens is 2. The molecule has 0 atom stereocenters. The van der Waals surface area contributed by atoms with Gasteiger partial charge in [-0.1, -0.05) is 0 Å². The molecule has 2 rings (SSSR count). The molecule has 0 unspecified atom stereocenters. The summed E-state index contributed by atoms with van der Waals surface area (Å²) in [4.78, 5) is 23.4. The number of nitrogens with one attached hydrogen (secondary N) is 2. The summed E-state index contributed by atoms with van der Waals surface area (Å²) in [5.41, 5.74) is 1.07. The molecule has 0 amide bonds. The van der Waals surface area contributed by atoms with Crippen LogP contribution < -0.4 is 10.6 Å². The minimum absolute atomic E-state index is 0.0739. The normalized spacial score (nSPS) is 18.4. The molecule has 2 N–H and O–H groups in total. The van der Waals surface area contributed by atoms with E-state index in [4.69, 9.17) is 26.5 Å². The Hall–Kier alpha value is -1.56. The third kappa shape index (κ3) is 8.78. The third-order valence-corrected chi connectivity index (χ3v) is 3.36. The number of ketones is 2. The van der Waals surface area contributed by atoms with Crippen molar-refractivity contribution in [2.75, 3.05) is 27.3 Å². The first kappa shape index (κ1) is 23.5. The Morgan fingerprint density at radius 3 is 1.56 bits per heavy atom. The second-order valence-corrected chi connectivity index (χ2v) is 8.81. The molecule has 2 aliphatic carbocycles. The Kier molecular flexibility index (Phi) is 11.8. The van der Waals surface area contributed by atoms with Gasteiger partial charge in [0.2, 0.25) is 0 Å². The van der Waals surface area contributed by atoms with Gasteiger partial charge < -0.3 is 20.1 Å². The number of methoxy groups -OCH3 is 2. The average Bonchev–Trinajstić information content (AvgIpc) is 2.67. The van der Waals surface area contributed by atoms with E-state index in [9.17, 15) is 9.59 Å². The molecule has 0 fully saturated rings. The van der Waals surface area contributed by atoms with Crippen LogP contribution in [0, 0.1) is 0 Å². The molecule has 0 saturated heterocycles. The van der Waals surface area contributed by atoms with E-state index in [0.29, 0.717) is 35.8 Å². The fraction of sp³-hybridized carbons (Fsp3) is 0.222. The fourth-order valence-corrected chi connectivity index (χ4v) is 2.04. The van der Waals surface area contributed by atoms with Gasteiger partial charge >= 0.3 is 37.9 Å². The fourth-order valence-electron chi connectivity index (χ4n) is 2.04. The van der Waals surface area contributed by atoms with Crippen LogP contribution in [0.25, 0.3) is 0 Å².